The van der Waals surface area contributed by atoms with Crippen LogP contribution in [-0.4, -0.2) is 0 Å². The van der Waals surface area contributed by atoms with E-state index in [0.717, 1.165) is 79.5 Å². The average Bonchev–Trinajstić information content (AvgIpc) is 2.92. The standard InChI is InChI=1S/C33H39F3O/c1-3-5-6-8-27-17-18-28(21-30(27)34)25-13-11-24(12-14-25)22-37-31-20-19-29(32(35)33(31)36)26-15-9-23(7-4-2)10-16-26/h11-14,17-21,23,26H,3-10,15-16,22H2,1-2H3. The maximum Gasteiger partial charge on any atom is 0.200 e. The number of rotatable bonds is 11. The van der Waals surface area contributed by atoms with Gasteiger partial charge in [0, 0.05) is 0 Å². The van der Waals surface area contributed by atoms with E-state index in [2.05, 4.69) is 13.8 Å². The molecule has 3 aromatic carbocycles. The summed E-state index contributed by atoms with van der Waals surface area (Å²) < 4.78 is 49.9. The number of hydrogen-bond donors (Lipinski definition) is 0. The first-order valence-corrected chi connectivity index (χ1v) is 14.0. The monoisotopic (exact) mass is 508 g/mol. The van der Waals surface area contributed by atoms with Crippen LogP contribution in [0.4, 0.5) is 13.2 Å². The van der Waals surface area contributed by atoms with Crippen molar-refractivity contribution in [3.63, 3.8) is 0 Å². The molecule has 3 aromatic rings. The van der Waals surface area contributed by atoms with E-state index in [0.29, 0.717) is 5.56 Å². The molecule has 0 spiro atoms. The van der Waals surface area contributed by atoms with E-state index in [4.69, 9.17) is 4.74 Å². The van der Waals surface area contributed by atoms with Gasteiger partial charge >= 0.3 is 0 Å². The molecule has 0 atom stereocenters. The minimum atomic E-state index is -0.903. The number of hydrogen-bond acceptors (Lipinski definition) is 1. The summed E-state index contributed by atoms with van der Waals surface area (Å²) in [4.78, 5) is 0. The van der Waals surface area contributed by atoms with Gasteiger partial charge < -0.3 is 4.74 Å². The van der Waals surface area contributed by atoms with E-state index in [1.807, 2.05) is 36.4 Å². The zero-order chi connectivity index (χ0) is 26.2. The Hall–Kier alpha value is -2.75. The molecular formula is C33H39F3O. The lowest BCUT2D eigenvalue weighted by Crippen LogP contribution is -2.15. The molecule has 1 saturated carbocycles. The van der Waals surface area contributed by atoms with Crippen molar-refractivity contribution in [2.45, 2.75) is 90.6 Å². The van der Waals surface area contributed by atoms with Gasteiger partial charge in [-0.1, -0.05) is 82.0 Å². The van der Waals surface area contributed by atoms with Gasteiger partial charge in [-0.2, -0.15) is 4.39 Å². The fourth-order valence-corrected chi connectivity index (χ4v) is 5.59. The predicted octanol–water partition coefficient (Wildman–Crippen LogP) is 10.2. The molecule has 0 radical (unpaired) electrons. The van der Waals surface area contributed by atoms with Gasteiger partial charge in [-0.05, 0) is 90.3 Å². The molecule has 1 aliphatic rings. The Morgan fingerprint density at radius 2 is 1.49 bits per heavy atom. The van der Waals surface area contributed by atoms with Crippen molar-refractivity contribution in [3.8, 4) is 16.9 Å². The maximum absolute atomic E-state index is 14.9. The fraction of sp³-hybridized carbons (Fsp3) is 0.455. The van der Waals surface area contributed by atoms with Crippen molar-refractivity contribution in [3.05, 3.63) is 88.7 Å². The topological polar surface area (TPSA) is 9.23 Å². The number of aryl methyl sites for hydroxylation is 1. The van der Waals surface area contributed by atoms with Crippen molar-refractivity contribution < 1.29 is 17.9 Å². The number of unbranched alkanes of at least 4 members (excludes halogenated alkanes) is 2. The molecule has 198 valence electrons. The van der Waals surface area contributed by atoms with Crippen LogP contribution >= 0.6 is 0 Å². The first kappa shape index (κ1) is 27.3. The van der Waals surface area contributed by atoms with Gasteiger partial charge in [0.05, 0.1) is 0 Å². The molecular weight excluding hydrogens is 469 g/mol. The van der Waals surface area contributed by atoms with Crippen molar-refractivity contribution in [2.24, 2.45) is 5.92 Å². The lowest BCUT2D eigenvalue weighted by Gasteiger charge is -2.29. The third-order valence-electron chi connectivity index (χ3n) is 7.84. The van der Waals surface area contributed by atoms with Crippen molar-refractivity contribution in [1.82, 2.24) is 0 Å². The van der Waals surface area contributed by atoms with Crippen LogP contribution in [0, 0.1) is 23.4 Å². The van der Waals surface area contributed by atoms with Gasteiger partial charge in [0.1, 0.15) is 12.4 Å². The van der Waals surface area contributed by atoms with Crippen molar-refractivity contribution in [1.29, 1.82) is 0 Å². The van der Waals surface area contributed by atoms with Gasteiger partial charge in [-0.3, -0.25) is 0 Å². The van der Waals surface area contributed by atoms with Crippen molar-refractivity contribution in [2.75, 3.05) is 0 Å². The normalized spacial score (nSPS) is 17.6. The molecule has 1 fully saturated rings. The smallest absolute Gasteiger partial charge is 0.200 e. The lowest BCUT2D eigenvalue weighted by atomic mass is 9.77. The summed E-state index contributed by atoms with van der Waals surface area (Å²) in [5.41, 5.74) is 3.78. The molecule has 0 aliphatic heterocycles. The van der Waals surface area contributed by atoms with E-state index in [9.17, 15) is 13.2 Å². The number of halogens is 3. The summed E-state index contributed by atoms with van der Waals surface area (Å²) in [6.07, 6.45) is 10.4. The lowest BCUT2D eigenvalue weighted by molar-refractivity contribution is 0.279. The highest BCUT2D eigenvalue weighted by Gasteiger charge is 2.26. The Morgan fingerprint density at radius 3 is 2.16 bits per heavy atom. The van der Waals surface area contributed by atoms with Crippen LogP contribution in [0.25, 0.3) is 11.1 Å². The number of benzene rings is 3. The number of ether oxygens (including phenoxy) is 1. The van der Waals surface area contributed by atoms with Gasteiger partial charge in [-0.15, -0.1) is 0 Å². The SMILES string of the molecule is CCCCCc1ccc(-c2ccc(COc3ccc(C4CCC(CCC)CC4)c(F)c3F)cc2)cc1F. The molecule has 0 amide bonds. The summed E-state index contributed by atoms with van der Waals surface area (Å²) in [5, 5.41) is 0. The predicted molar refractivity (Wildman–Crippen MR) is 145 cm³/mol. The van der Waals surface area contributed by atoms with Gasteiger partial charge in [0.25, 0.3) is 0 Å². The molecule has 0 saturated heterocycles. The molecule has 0 unspecified atom stereocenters. The highest BCUT2D eigenvalue weighted by Crippen LogP contribution is 2.40. The van der Waals surface area contributed by atoms with E-state index >= 15 is 0 Å². The highest BCUT2D eigenvalue weighted by atomic mass is 19.2. The maximum atomic E-state index is 14.9. The zero-order valence-electron chi connectivity index (χ0n) is 22.2. The minimum absolute atomic E-state index is 0.0641. The van der Waals surface area contributed by atoms with E-state index < -0.39 is 11.6 Å². The van der Waals surface area contributed by atoms with Crippen LogP contribution in [0.3, 0.4) is 0 Å². The van der Waals surface area contributed by atoms with Crippen LogP contribution in [-0.2, 0) is 13.0 Å². The molecule has 0 heterocycles. The van der Waals surface area contributed by atoms with E-state index in [-0.39, 0.29) is 24.1 Å². The minimum Gasteiger partial charge on any atom is -0.486 e. The quantitative estimate of drug-likeness (QED) is 0.234. The molecule has 4 rings (SSSR count). The van der Waals surface area contributed by atoms with Gasteiger partial charge in [0.15, 0.2) is 11.6 Å². The molecule has 4 heteroatoms. The van der Waals surface area contributed by atoms with E-state index in [1.165, 1.54) is 12.8 Å². The summed E-state index contributed by atoms with van der Waals surface area (Å²) in [6, 6.07) is 16.2. The molecule has 0 aromatic heterocycles. The first-order valence-electron chi connectivity index (χ1n) is 14.0. The van der Waals surface area contributed by atoms with Gasteiger partial charge in [-0.25, -0.2) is 8.78 Å². The Bertz CT molecular complexity index is 1150. The van der Waals surface area contributed by atoms with Crippen LogP contribution in [0.1, 0.15) is 94.2 Å². The Kier molecular flexibility index (Phi) is 9.71. The van der Waals surface area contributed by atoms with Crippen LogP contribution in [0.2, 0.25) is 0 Å². The van der Waals surface area contributed by atoms with Crippen LogP contribution < -0.4 is 4.74 Å². The highest BCUT2D eigenvalue weighted by molar-refractivity contribution is 5.64. The van der Waals surface area contributed by atoms with Crippen LogP contribution in [0.15, 0.2) is 54.6 Å². The first-order chi connectivity index (χ1) is 18.0. The summed E-state index contributed by atoms with van der Waals surface area (Å²) in [5.74, 6) is -1.11. The second-order valence-electron chi connectivity index (χ2n) is 10.5. The largest absolute Gasteiger partial charge is 0.486 e. The summed E-state index contributed by atoms with van der Waals surface area (Å²) in [6.45, 7) is 4.46. The van der Waals surface area contributed by atoms with Crippen LogP contribution in [0.5, 0.6) is 5.75 Å². The Morgan fingerprint density at radius 1 is 0.757 bits per heavy atom. The Labute approximate surface area is 220 Å². The summed E-state index contributed by atoms with van der Waals surface area (Å²) >= 11 is 0. The van der Waals surface area contributed by atoms with Gasteiger partial charge in [0.2, 0.25) is 5.82 Å². The fourth-order valence-electron chi connectivity index (χ4n) is 5.59. The second-order valence-corrected chi connectivity index (χ2v) is 10.5. The summed E-state index contributed by atoms with van der Waals surface area (Å²) in [7, 11) is 0. The molecule has 1 aliphatic carbocycles. The third kappa shape index (κ3) is 6.97. The molecule has 37 heavy (non-hydrogen) atoms. The second kappa shape index (κ2) is 13.2. The third-order valence-corrected chi connectivity index (χ3v) is 7.84. The molecule has 0 bridgehead atoms. The Balaban J connectivity index is 1.35. The molecule has 0 N–H and O–H groups in total. The molecule has 1 nitrogen and oxygen atoms in total. The van der Waals surface area contributed by atoms with E-state index in [1.54, 1.807) is 18.2 Å². The van der Waals surface area contributed by atoms with Crippen molar-refractivity contribution >= 4 is 0 Å². The zero-order valence-corrected chi connectivity index (χ0v) is 22.2. The average molecular weight is 509 g/mol.